The Labute approximate surface area is 148 Å². The summed E-state index contributed by atoms with van der Waals surface area (Å²) in [7, 11) is 1.65. The number of ether oxygens (including phenoxy) is 1. The molecule has 4 rings (SSSR count). The fourth-order valence-corrected chi connectivity index (χ4v) is 3.41. The smallest absolute Gasteiger partial charge is 0.142 e. The minimum Gasteiger partial charge on any atom is -0.508 e. The molecule has 0 amide bonds. The van der Waals surface area contributed by atoms with Crippen LogP contribution in [0.15, 0.2) is 70.8 Å². The molecular weight excluding hydrogens is 334 g/mol. The molecule has 2 aromatic carbocycles. The number of rotatable bonds is 4. The highest BCUT2D eigenvalue weighted by atomic mass is 32.2. The molecule has 2 heterocycles. The van der Waals surface area contributed by atoms with Crippen molar-refractivity contribution >= 4 is 22.8 Å². The lowest BCUT2D eigenvalue weighted by Crippen LogP contribution is -1.85. The maximum atomic E-state index is 9.44. The molecule has 4 aromatic rings. The highest BCUT2D eigenvalue weighted by molar-refractivity contribution is 7.99. The lowest BCUT2D eigenvalue weighted by Gasteiger charge is -2.03. The zero-order chi connectivity index (χ0) is 17.2. The van der Waals surface area contributed by atoms with E-state index < -0.39 is 0 Å². The highest BCUT2D eigenvalue weighted by Crippen LogP contribution is 2.34. The van der Waals surface area contributed by atoms with E-state index in [0.717, 1.165) is 38.0 Å². The van der Waals surface area contributed by atoms with Crippen molar-refractivity contribution in [2.75, 3.05) is 7.11 Å². The van der Waals surface area contributed by atoms with Crippen LogP contribution >= 0.6 is 11.8 Å². The summed E-state index contributed by atoms with van der Waals surface area (Å²) in [6.45, 7) is 0. The van der Waals surface area contributed by atoms with E-state index in [2.05, 4.69) is 15.0 Å². The lowest BCUT2D eigenvalue weighted by atomic mass is 10.1. The Balaban J connectivity index is 1.70. The minimum absolute atomic E-state index is 0.246. The molecule has 0 fully saturated rings. The van der Waals surface area contributed by atoms with Crippen LogP contribution in [0.4, 0.5) is 0 Å². The van der Waals surface area contributed by atoms with Gasteiger partial charge >= 0.3 is 0 Å². The average molecular weight is 349 g/mol. The minimum atomic E-state index is 0.246. The number of methoxy groups -OCH3 is 1. The Morgan fingerprint density at radius 2 is 1.76 bits per heavy atom. The van der Waals surface area contributed by atoms with E-state index in [1.165, 1.54) is 0 Å². The quantitative estimate of drug-likeness (QED) is 0.531. The van der Waals surface area contributed by atoms with Crippen molar-refractivity contribution in [2.45, 2.75) is 9.92 Å². The van der Waals surface area contributed by atoms with Crippen molar-refractivity contribution in [3.05, 3.63) is 60.9 Å². The Hall–Kier alpha value is -2.99. The van der Waals surface area contributed by atoms with Gasteiger partial charge in [0.15, 0.2) is 0 Å². The molecule has 0 aliphatic carbocycles. The van der Waals surface area contributed by atoms with Crippen molar-refractivity contribution in [3.63, 3.8) is 0 Å². The number of aromatic hydroxyl groups is 1. The van der Waals surface area contributed by atoms with Gasteiger partial charge in [0, 0.05) is 10.6 Å². The molecule has 0 spiro atoms. The number of nitrogens with one attached hydrogen (secondary N) is 1. The summed E-state index contributed by atoms with van der Waals surface area (Å²) >= 11 is 1.58. The topological polar surface area (TPSA) is 71.0 Å². The molecule has 0 radical (unpaired) electrons. The molecule has 0 bridgehead atoms. The third-order valence-corrected chi connectivity index (χ3v) is 4.87. The van der Waals surface area contributed by atoms with Crippen molar-refractivity contribution in [1.29, 1.82) is 0 Å². The van der Waals surface area contributed by atoms with Crippen LogP contribution in [0.5, 0.6) is 11.5 Å². The first kappa shape index (κ1) is 15.5. The number of benzene rings is 2. The van der Waals surface area contributed by atoms with Crippen LogP contribution in [0.2, 0.25) is 0 Å². The number of hydrogen-bond donors (Lipinski definition) is 2. The van der Waals surface area contributed by atoms with Gasteiger partial charge in [0.2, 0.25) is 0 Å². The van der Waals surface area contributed by atoms with Crippen LogP contribution in [0.3, 0.4) is 0 Å². The Kier molecular flexibility index (Phi) is 4.03. The second-order valence-electron chi connectivity index (χ2n) is 5.45. The van der Waals surface area contributed by atoms with Gasteiger partial charge in [0.1, 0.15) is 28.5 Å². The van der Waals surface area contributed by atoms with Gasteiger partial charge in [-0.2, -0.15) is 0 Å². The number of nitrogens with zero attached hydrogens (tertiary/aromatic N) is 2. The van der Waals surface area contributed by atoms with Gasteiger partial charge in [-0.05, 0) is 60.2 Å². The normalized spacial score (nSPS) is 10.9. The molecule has 0 saturated heterocycles. The Morgan fingerprint density at radius 3 is 2.48 bits per heavy atom. The van der Waals surface area contributed by atoms with Crippen LogP contribution in [0.1, 0.15) is 0 Å². The van der Waals surface area contributed by atoms with Crippen LogP contribution in [0.25, 0.3) is 22.3 Å². The maximum absolute atomic E-state index is 9.44. The molecular formula is C19H15N3O2S. The predicted molar refractivity (Wildman–Crippen MR) is 98.1 cm³/mol. The average Bonchev–Trinajstić information content (AvgIpc) is 3.08. The predicted octanol–water partition coefficient (Wildman–Crippen LogP) is 4.49. The van der Waals surface area contributed by atoms with Gasteiger partial charge in [-0.1, -0.05) is 11.8 Å². The van der Waals surface area contributed by atoms with Gasteiger partial charge in [-0.3, -0.25) is 0 Å². The molecule has 2 aromatic heterocycles. The standard InChI is InChI=1S/C19H15N3O2S/c1-24-14-6-8-15(9-7-14)25-19-16-10-17(22-18(16)20-11-21-19)12-2-4-13(23)5-3-12/h2-11,23H,1H3,(H,20,21,22). The molecule has 2 N–H and O–H groups in total. The van der Waals surface area contributed by atoms with Gasteiger partial charge in [-0.25, -0.2) is 9.97 Å². The van der Waals surface area contributed by atoms with E-state index in [1.54, 1.807) is 37.3 Å². The summed E-state index contributed by atoms with van der Waals surface area (Å²) in [4.78, 5) is 13.1. The van der Waals surface area contributed by atoms with E-state index in [4.69, 9.17) is 4.74 Å². The van der Waals surface area contributed by atoms with Crippen LogP contribution in [-0.2, 0) is 0 Å². The van der Waals surface area contributed by atoms with Crippen molar-refractivity contribution < 1.29 is 9.84 Å². The van der Waals surface area contributed by atoms with E-state index >= 15 is 0 Å². The molecule has 0 saturated carbocycles. The number of phenolic OH excluding ortho intramolecular Hbond substituents is 1. The third-order valence-electron chi connectivity index (χ3n) is 3.84. The Morgan fingerprint density at radius 1 is 1.00 bits per heavy atom. The third kappa shape index (κ3) is 3.16. The van der Waals surface area contributed by atoms with Crippen LogP contribution < -0.4 is 4.74 Å². The fraction of sp³-hybridized carbons (Fsp3) is 0.0526. The summed E-state index contributed by atoms with van der Waals surface area (Å²) in [6.07, 6.45) is 1.56. The van der Waals surface area contributed by atoms with Gasteiger partial charge in [-0.15, -0.1) is 0 Å². The van der Waals surface area contributed by atoms with Crippen molar-refractivity contribution in [3.8, 4) is 22.8 Å². The molecule has 124 valence electrons. The van der Waals surface area contributed by atoms with Crippen LogP contribution in [0, 0.1) is 0 Å². The largest absolute Gasteiger partial charge is 0.508 e. The number of aromatic nitrogens is 3. The number of hydrogen-bond acceptors (Lipinski definition) is 5. The van der Waals surface area contributed by atoms with E-state index in [-0.39, 0.29) is 5.75 Å². The number of aromatic amines is 1. The zero-order valence-electron chi connectivity index (χ0n) is 13.4. The monoisotopic (exact) mass is 349 g/mol. The highest BCUT2D eigenvalue weighted by Gasteiger charge is 2.11. The summed E-state index contributed by atoms with van der Waals surface area (Å²) in [5.74, 6) is 1.07. The SMILES string of the molecule is COc1ccc(Sc2ncnc3[nH]c(-c4ccc(O)cc4)cc23)cc1. The van der Waals surface area contributed by atoms with Gasteiger partial charge in [0.25, 0.3) is 0 Å². The number of fused-ring (bicyclic) bond motifs is 1. The maximum Gasteiger partial charge on any atom is 0.142 e. The van der Waals surface area contributed by atoms with E-state index in [9.17, 15) is 5.11 Å². The zero-order valence-corrected chi connectivity index (χ0v) is 14.2. The summed E-state index contributed by atoms with van der Waals surface area (Å²) in [6, 6.07) is 17.0. The fourth-order valence-electron chi connectivity index (χ4n) is 2.55. The van der Waals surface area contributed by atoms with Crippen molar-refractivity contribution in [2.24, 2.45) is 0 Å². The second kappa shape index (κ2) is 6.49. The Bertz CT molecular complexity index is 1010. The molecule has 25 heavy (non-hydrogen) atoms. The van der Waals surface area contributed by atoms with E-state index in [0.29, 0.717) is 0 Å². The van der Waals surface area contributed by atoms with Crippen LogP contribution in [-0.4, -0.2) is 27.2 Å². The molecule has 5 nitrogen and oxygen atoms in total. The molecule has 0 aliphatic heterocycles. The van der Waals surface area contributed by atoms with Gasteiger partial charge < -0.3 is 14.8 Å². The summed E-state index contributed by atoms with van der Waals surface area (Å²) in [5, 5.41) is 11.3. The van der Waals surface area contributed by atoms with Crippen molar-refractivity contribution in [1.82, 2.24) is 15.0 Å². The lowest BCUT2D eigenvalue weighted by molar-refractivity contribution is 0.414. The molecule has 0 atom stereocenters. The first-order chi connectivity index (χ1) is 12.2. The van der Waals surface area contributed by atoms with E-state index in [1.807, 2.05) is 42.5 Å². The van der Waals surface area contributed by atoms with Gasteiger partial charge in [0.05, 0.1) is 12.5 Å². The molecule has 0 unspecified atom stereocenters. The number of phenols is 1. The second-order valence-corrected chi connectivity index (χ2v) is 6.51. The first-order valence-electron chi connectivity index (χ1n) is 7.68. The first-order valence-corrected chi connectivity index (χ1v) is 8.49. The number of H-pyrrole nitrogens is 1. The molecule has 0 aliphatic rings. The summed E-state index contributed by atoms with van der Waals surface area (Å²) < 4.78 is 5.19. The summed E-state index contributed by atoms with van der Waals surface area (Å²) in [5.41, 5.74) is 2.71. The molecule has 6 heteroatoms.